The minimum absolute atomic E-state index is 0.605. The van der Waals surface area contributed by atoms with Crippen LogP contribution in [0.25, 0.3) is 4.96 Å². The van der Waals surface area contributed by atoms with Crippen LogP contribution < -0.4 is 10.6 Å². The third-order valence-electron chi connectivity index (χ3n) is 4.71. The molecule has 0 spiro atoms. The molecule has 25 heavy (non-hydrogen) atoms. The van der Waals surface area contributed by atoms with Crippen LogP contribution in [0.2, 0.25) is 0 Å². The lowest BCUT2D eigenvalue weighted by atomic mass is 9.99. The second-order valence-corrected chi connectivity index (χ2v) is 7.70. The molecule has 3 rings (SSSR count). The summed E-state index contributed by atoms with van der Waals surface area (Å²) in [7, 11) is 0. The smallest absolute Gasteiger partial charge is 0.193 e. The molecule has 2 aromatic heterocycles. The van der Waals surface area contributed by atoms with Crippen molar-refractivity contribution in [3.05, 3.63) is 23.5 Å². The number of imidazole rings is 1. The fourth-order valence-electron chi connectivity index (χ4n) is 3.15. The number of aromatic nitrogens is 2. The molecular formula is C18H30N6S. The molecule has 3 heterocycles. The van der Waals surface area contributed by atoms with Gasteiger partial charge in [-0.1, -0.05) is 6.92 Å². The number of hydrogen-bond donors (Lipinski definition) is 2. The van der Waals surface area contributed by atoms with Crippen LogP contribution in [0.15, 0.2) is 22.8 Å². The maximum atomic E-state index is 4.66. The first kappa shape index (κ1) is 18.2. The average molecular weight is 363 g/mol. The quantitative estimate of drug-likeness (QED) is 0.452. The highest BCUT2D eigenvalue weighted by molar-refractivity contribution is 7.15. The molecule has 7 heteroatoms. The van der Waals surface area contributed by atoms with Crippen LogP contribution in [-0.2, 0) is 6.54 Å². The molecule has 2 aromatic rings. The summed E-state index contributed by atoms with van der Waals surface area (Å²) in [6, 6.07) is 0. The molecule has 0 unspecified atom stereocenters. The van der Waals surface area contributed by atoms with Gasteiger partial charge in [0.05, 0.1) is 12.2 Å². The standard InChI is InChI=1S/C18H30N6S/c1-3-19-17(20-7-4-8-23-9-5-15(2)6-10-23)21-13-16-14-24-11-12-25-18(24)22-16/h11-12,14-15H,3-10,13H2,1-2H3,(H2,19,20,21). The summed E-state index contributed by atoms with van der Waals surface area (Å²) >= 11 is 1.65. The number of guanidine groups is 1. The first-order chi connectivity index (χ1) is 12.2. The van der Waals surface area contributed by atoms with Gasteiger partial charge in [0, 0.05) is 30.9 Å². The molecule has 0 aliphatic carbocycles. The van der Waals surface area contributed by atoms with E-state index in [1.165, 1.54) is 32.5 Å². The van der Waals surface area contributed by atoms with Crippen molar-refractivity contribution in [2.45, 2.75) is 39.7 Å². The van der Waals surface area contributed by atoms with Gasteiger partial charge >= 0.3 is 0 Å². The molecule has 0 bridgehead atoms. The van der Waals surface area contributed by atoms with E-state index in [1.54, 1.807) is 11.3 Å². The highest BCUT2D eigenvalue weighted by atomic mass is 32.1. The second-order valence-electron chi connectivity index (χ2n) is 6.82. The number of nitrogens with zero attached hydrogens (tertiary/aromatic N) is 4. The summed E-state index contributed by atoms with van der Waals surface area (Å²) in [5.41, 5.74) is 1.01. The normalized spacial score (nSPS) is 17.3. The van der Waals surface area contributed by atoms with Gasteiger partial charge in [-0.05, 0) is 51.7 Å². The number of fused-ring (bicyclic) bond motifs is 1. The van der Waals surface area contributed by atoms with E-state index in [0.717, 1.165) is 42.0 Å². The van der Waals surface area contributed by atoms with Crippen molar-refractivity contribution in [3.8, 4) is 0 Å². The summed E-state index contributed by atoms with van der Waals surface area (Å²) in [6.45, 7) is 10.6. The van der Waals surface area contributed by atoms with E-state index in [-0.39, 0.29) is 0 Å². The van der Waals surface area contributed by atoms with Gasteiger partial charge in [-0.3, -0.25) is 4.40 Å². The Kier molecular flexibility index (Phi) is 6.69. The molecule has 1 fully saturated rings. The summed E-state index contributed by atoms with van der Waals surface area (Å²) < 4.78 is 2.05. The zero-order valence-electron chi connectivity index (χ0n) is 15.4. The number of piperidine rings is 1. The lowest BCUT2D eigenvalue weighted by Crippen LogP contribution is -2.39. The van der Waals surface area contributed by atoms with E-state index in [1.807, 2.05) is 11.6 Å². The number of likely N-dealkylation sites (tertiary alicyclic amines) is 1. The molecule has 1 aliphatic rings. The molecule has 1 aliphatic heterocycles. The fourth-order valence-corrected chi connectivity index (χ4v) is 3.87. The maximum Gasteiger partial charge on any atom is 0.193 e. The topological polar surface area (TPSA) is 57.0 Å². The average Bonchev–Trinajstić information content (AvgIpc) is 3.19. The molecule has 0 amide bonds. The molecule has 0 atom stereocenters. The molecule has 1 saturated heterocycles. The maximum absolute atomic E-state index is 4.66. The van der Waals surface area contributed by atoms with E-state index in [4.69, 9.17) is 0 Å². The number of aliphatic imine (C=N–C) groups is 1. The van der Waals surface area contributed by atoms with Gasteiger partial charge in [0.1, 0.15) is 0 Å². The van der Waals surface area contributed by atoms with Gasteiger partial charge < -0.3 is 15.5 Å². The highest BCUT2D eigenvalue weighted by Crippen LogP contribution is 2.15. The molecular weight excluding hydrogens is 332 g/mol. The Hall–Kier alpha value is -1.60. The molecule has 0 aromatic carbocycles. The molecule has 6 nitrogen and oxygen atoms in total. The van der Waals surface area contributed by atoms with Crippen molar-refractivity contribution in [1.29, 1.82) is 0 Å². The van der Waals surface area contributed by atoms with Crippen LogP contribution >= 0.6 is 11.3 Å². The van der Waals surface area contributed by atoms with Gasteiger partial charge in [0.2, 0.25) is 0 Å². The monoisotopic (exact) mass is 362 g/mol. The second kappa shape index (κ2) is 9.20. The zero-order chi connectivity index (χ0) is 17.5. The highest BCUT2D eigenvalue weighted by Gasteiger charge is 2.14. The van der Waals surface area contributed by atoms with Crippen molar-refractivity contribution in [2.24, 2.45) is 10.9 Å². The van der Waals surface area contributed by atoms with Gasteiger partial charge in [0.15, 0.2) is 10.9 Å². The summed E-state index contributed by atoms with van der Waals surface area (Å²) in [4.78, 5) is 12.9. The lowest BCUT2D eigenvalue weighted by molar-refractivity contribution is 0.191. The van der Waals surface area contributed by atoms with Crippen molar-refractivity contribution < 1.29 is 0 Å². The van der Waals surface area contributed by atoms with E-state index in [9.17, 15) is 0 Å². The number of hydrogen-bond acceptors (Lipinski definition) is 4. The Bertz CT molecular complexity index is 639. The van der Waals surface area contributed by atoms with Gasteiger partial charge in [0.25, 0.3) is 0 Å². The molecule has 138 valence electrons. The molecule has 2 N–H and O–H groups in total. The third-order valence-corrected chi connectivity index (χ3v) is 5.48. The van der Waals surface area contributed by atoms with E-state index in [2.05, 4.69) is 50.0 Å². The van der Waals surface area contributed by atoms with Crippen molar-refractivity contribution >= 4 is 22.3 Å². The van der Waals surface area contributed by atoms with Gasteiger partial charge in [-0.25, -0.2) is 9.98 Å². The summed E-state index contributed by atoms with van der Waals surface area (Å²) in [5, 5.41) is 8.81. The number of thiazole rings is 1. The summed E-state index contributed by atoms with van der Waals surface area (Å²) in [5.74, 6) is 1.78. The van der Waals surface area contributed by atoms with Crippen LogP contribution in [-0.4, -0.2) is 53.0 Å². The summed E-state index contributed by atoms with van der Waals surface area (Å²) in [6.07, 6.45) is 7.93. The predicted octanol–water partition coefficient (Wildman–Crippen LogP) is 2.57. The predicted molar refractivity (Wildman–Crippen MR) is 105 cm³/mol. The van der Waals surface area contributed by atoms with Crippen LogP contribution in [0.5, 0.6) is 0 Å². The van der Waals surface area contributed by atoms with Crippen LogP contribution in [0.3, 0.4) is 0 Å². The van der Waals surface area contributed by atoms with Crippen molar-refractivity contribution in [1.82, 2.24) is 24.9 Å². The minimum atomic E-state index is 0.605. The molecule has 0 saturated carbocycles. The number of nitrogens with one attached hydrogen (secondary N) is 2. The first-order valence-electron chi connectivity index (χ1n) is 9.40. The Balaban J connectivity index is 1.41. The van der Waals surface area contributed by atoms with E-state index in [0.29, 0.717) is 6.54 Å². The van der Waals surface area contributed by atoms with Crippen LogP contribution in [0.1, 0.15) is 38.8 Å². The third kappa shape index (κ3) is 5.44. The van der Waals surface area contributed by atoms with E-state index < -0.39 is 0 Å². The first-order valence-corrected chi connectivity index (χ1v) is 10.3. The van der Waals surface area contributed by atoms with Gasteiger partial charge in [-0.2, -0.15) is 0 Å². The Morgan fingerprint density at radius 3 is 2.96 bits per heavy atom. The Morgan fingerprint density at radius 2 is 2.20 bits per heavy atom. The van der Waals surface area contributed by atoms with Crippen molar-refractivity contribution in [2.75, 3.05) is 32.7 Å². The Labute approximate surface area is 154 Å². The Morgan fingerprint density at radius 1 is 1.36 bits per heavy atom. The lowest BCUT2D eigenvalue weighted by Gasteiger charge is -2.30. The van der Waals surface area contributed by atoms with Crippen molar-refractivity contribution in [3.63, 3.8) is 0 Å². The zero-order valence-corrected chi connectivity index (χ0v) is 16.2. The molecule has 0 radical (unpaired) electrons. The number of rotatable bonds is 7. The van der Waals surface area contributed by atoms with Crippen LogP contribution in [0, 0.1) is 5.92 Å². The largest absolute Gasteiger partial charge is 0.357 e. The fraction of sp³-hybridized carbons (Fsp3) is 0.667. The minimum Gasteiger partial charge on any atom is -0.357 e. The SMILES string of the molecule is CCNC(=NCc1cn2ccsc2n1)NCCCN1CCC(C)CC1. The van der Waals surface area contributed by atoms with Crippen LogP contribution in [0.4, 0.5) is 0 Å². The van der Waals surface area contributed by atoms with Gasteiger partial charge in [-0.15, -0.1) is 11.3 Å². The van der Waals surface area contributed by atoms with E-state index >= 15 is 0 Å².